The van der Waals surface area contributed by atoms with Gasteiger partial charge in [0.05, 0.1) is 0 Å². The Morgan fingerprint density at radius 3 is 0.889 bits per heavy atom. The van der Waals surface area contributed by atoms with Gasteiger partial charge in [0.2, 0.25) is 0 Å². The van der Waals surface area contributed by atoms with Crippen LogP contribution in [0.4, 0.5) is 0 Å². The molecule has 0 amide bonds. The van der Waals surface area contributed by atoms with Crippen molar-refractivity contribution in [2.24, 2.45) is 47.3 Å². The van der Waals surface area contributed by atoms with Crippen molar-refractivity contribution in [1.82, 2.24) is 0 Å². The lowest BCUT2D eigenvalue weighted by atomic mass is 9.56. The van der Waals surface area contributed by atoms with E-state index in [2.05, 4.69) is 41.5 Å². The van der Waals surface area contributed by atoms with Gasteiger partial charge >= 0.3 is 0 Å². The maximum absolute atomic E-state index is 2.54. The van der Waals surface area contributed by atoms with Gasteiger partial charge in [-0.3, -0.25) is 0 Å². The molecule has 0 spiro atoms. The Hall–Kier alpha value is 0. The van der Waals surface area contributed by atoms with Crippen LogP contribution in [0.15, 0.2) is 0 Å². The minimum Gasteiger partial charge on any atom is -0.0625 e. The summed E-state index contributed by atoms with van der Waals surface area (Å²) in [6.07, 6.45) is 5.89. The van der Waals surface area contributed by atoms with Crippen molar-refractivity contribution in [1.29, 1.82) is 0 Å². The number of hydrogen-bond acceptors (Lipinski definition) is 0. The fraction of sp³-hybridized carbons (Fsp3) is 1.00. The Morgan fingerprint density at radius 2 is 0.667 bits per heavy atom. The average molecular weight is 250 g/mol. The first-order chi connectivity index (χ1) is 8.40. The third-order valence-electron chi connectivity index (χ3n) is 6.17. The smallest absolute Gasteiger partial charge is 0.0329 e. The normalized spacial score (nSPS) is 54.3. The summed E-state index contributed by atoms with van der Waals surface area (Å²) in [6.45, 7) is 15.1. The number of rotatable bonds is 1. The highest BCUT2D eigenvalue weighted by atomic mass is 14.5. The van der Waals surface area contributed by atoms with Crippen LogP contribution in [0.1, 0.15) is 67.2 Å². The summed E-state index contributed by atoms with van der Waals surface area (Å²) < 4.78 is 0. The predicted molar refractivity (Wildman–Crippen MR) is 80.4 cm³/mol. The van der Waals surface area contributed by atoms with Crippen LogP contribution in [0.5, 0.6) is 0 Å². The van der Waals surface area contributed by atoms with Crippen molar-refractivity contribution < 1.29 is 0 Å². The molecule has 2 aliphatic rings. The first-order valence-corrected chi connectivity index (χ1v) is 8.40. The Bertz CT molecular complexity index is 217. The van der Waals surface area contributed by atoms with Crippen LogP contribution in [0.3, 0.4) is 0 Å². The van der Waals surface area contributed by atoms with Gasteiger partial charge in [0.25, 0.3) is 0 Å². The van der Waals surface area contributed by atoms with Crippen molar-refractivity contribution in [3.8, 4) is 0 Å². The molecule has 2 fully saturated rings. The van der Waals surface area contributed by atoms with Gasteiger partial charge in [0.15, 0.2) is 0 Å². The molecule has 0 N–H and O–H groups in total. The first-order valence-electron chi connectivity index (χ1n) is 8.40. The highest BCUT2D eigenvalue weighted by Gasteiger charge is 2.43. The summed E-state index contributed by atoms with van der Waals surface area (Å²) in [5, 5.41) is 0. The van der Waals surface area contributed by atoms with E-state index in [1.165, 1.54) is 25.7 Å². The SMILES string of the molecule is CC1CC(C)C(C2C(C)CC(C)CC2C)C(C)C1. The molecule has 0 radical (unpaired) electrons. The van der Waals surface area contributed by atoms with Crippen LogP contribution in [-0.4, -0.2) is 0 Å². The van der Waals surface area contributed by atoms with E-state index >= 15 is 0 Å². The Kier molecular flexibility index (Phi) is 4.44. The third kappa shape index (κ3) is 2.78. The van der Waals surface area contributed by atoms with E-state index in [9.17, 15) is 0 Å². The predicted octanol–water partition coefficient (Wildman–Crippen LogP) is 5.62. The average Bonchev–Trinajstić information content (AvgIpc) is 2.20. The molecule has 0 heteroatoms. The quantitative estimate of drug-likeness (QED) is 0.566. The summed E-state index contributed by atoms with van der Waals surface area (Å²) in [5.41, 5.74) is 0. The molecule has 4 unspecified atom stereocenters. The van der Waals surface area contributed by atoms with Gasteiger partial charge in [-0.2, -0.15) is 0 Å². The van der Waals surface area contributed by atoms with Crippen LogP contribution in [-0.2, 0) is 0 Å². The standard InChI is InChI=1S/C18H34/c1-11-7-13(3)17(14(4)8-11)18-15(5)9-12(2)10-16(18)6/h11-18H,7-10H2,1-6H3. The van der Waals surface area contributed by atoms with E-state index in [0.29, 0.717) is 0 Å². The molecule has 0 aliphatic heterocycles. The molecular weight excluding hydrogens is 216 g/mol. The lowest BCUT2D eigenvalue weighted by Crippen LogP contribution is -2.42. The molecule has 0 aromatic heterocycles. The summed E-state index contributed by atoms with van der Waals surface area (Å²) in [4.78, 5) is 0. The molecule has 4 atom stereocenters. The summed E-state index contributed by atoms with van der Waals surface area (Å²) >= 11 is 0. The lowest BCUT2D eigenvalue weighted by Gasteiger charge is -2.50. The van der Waals surface area contributed by atoms with E-state index in [1.807, 2.05) is 0 Å². The number of hydrogen-bond donors (Lipinski definition) is 0. The molecule has 2 saturated carbocycles. The zero-order chi connectivity index (χ0) is 13.4. The fourth-order valence-corrected chi connectivity index (χ4v) is 6.00. The Balaban J connectivity index is 2.13. The third-order valence-corrected chi connectivity index (χ3v) is 6.17. The van der Waals surface area contributed by atoms with Crippen LogP contribution < -0.4 is 0 Å². The molecule has 18 heavy (non-hydrogen) atoms. The van der Waals surface area contributed by atoms with Gasteiger partial charge in [-0.25, -0.2) is 0 Å². The van der Waals surface area contributed by atoms with Gasteiger partial charge in [-0.1, -0.05) is 41.5 Å². The fourth-order valence-electron chi connectivity index (χ4n) is 6.00. The van der Waals surface area contributed by atoms with Crippen LogP contribution in [0.25, 0.3) is 0 Å². The molecule has 106 valence electrons. The highest BCUT2D eigenvalue weighted by Crippen LogP contribution is 2.50. The van der Waals surface area contributed by atoms with E-state index in [0.717, 1.165) is 47.3 Å². The Morgan fingerprint density at radius 1 is 0.444 bits per heavy atom. The molecular formula is C18H34. The molecule has 0 heterocycles. The molecule has 0 saturated heterocycles. The van der Waals surface area contributed by atoms with Crippen LogP contribution in [0.2, 0.25) is 0 Å². The topological polar surface area (TPSA) is 0 Å². The van der Waals surface area contributed by atoms with Gasteiger partial charge in [-0.15, -0.1) is 0 Å². The van der Waals surface area contributed by atoms with Crippen molar-refractivity contribution >= 4 is 0 Å². The molecule has 2 rings (SSSR count). The zero-order valence-corrected chi connectivity index (χ0v) is 13.4. The van der Waals surface area contributed by atoms with Crippen molar-refractivity contribution in [2.75, 3.05) is 0 Å². The molecule has 0 nitrogen and oxygen atoms in total. The summed E-state index contributed by atoms with van der Waals surface area (Å²) in [7, 11) is 0. The summed E-state index contributed by atoms with van der Waals surface area (Å²) in [6, 6.07) is 0. The summed E-state index contributed by atoms with van der Waals surface area (Å²) in [5.74, 6) is 7.72. The van der Waals surface area contributed by atoms with Gasteiger partial charge in [-0.05, 0) is 73.0 Å². The Labute approximate surface area is 115 Å². The van der Waals surface area contributed by atoms with Crippen LogP contribution in [0, 0.1) is 47.3 Å². The van der Waals surface area contributed by atoms with E-state index in [4.69, 9.17) is 0 Å². The second-order valence-electron chi connectivity index (χ2n) is 8.22. The van der Waals surface area contributed by atoms with Gasteiger partial charge < -0.3 is 0 Å². The van der Waals surface area contributed by atoms with E-state index in [1.54, 1.807) is 0 Å². The first kappa shape index (κ1) is 14.4. The van der Waals surface area contributed by atoms with E-state index < -0.39 is 0 Å². The second-order valence-corrected chi connectivity index (χ2v) is 8.22. The molecule has 0 aromatic rings. The minimum absolute atomic E-state index is 0.951. The second kappa shape index (κ2) is 5.55. The minimum atomic E-state index is 0.951. The van der Waals surface area contributed by atoms with Crippen molar-refractivity contribution in [3.05, 3.63) is 0 Å². The molecule has 0 aromatic carbocycles. The van der Waals surface area contributed by atoms with Gasteiger partial charge in [0, 0.05) is 0 Å². The van der Waals surface area contributed by atoms with Crippen molar-refractivity contribution in [2.45, 2.75) is 67.2 Å². The monoisotopic (exact) mass is 250 g/mol. The largest absolute Gasteiger partial charge is 0.0625 e. The maximum atomic E-state index is 2.54. The van der Waals surface area contributed by atoms with Crippen LogP contribution >= 0.6 is 0 Å². The van der Waals surface area contributed by atoms with Crippen molar-refractivity contribution in [3.63, 3.8) is 0 Å². The highest BCUT2D eigenvalue weighted by molar-refractivity contribution is 4.92. The van der Waals surface area contributed by atoms with Gasteiger partial charge in [0.1, 0.15) is 0 Å². The molecule has 2 aliphatic carbocycles. The maximum Gasteiger partial charge on any atom is -0.0329 e. The zero-order valence-electron chi connectivity index (χ0n) is 13.4. The van der Waals surface area contributed by atoms with E-state index in [-0.39, 0.29) is 0 Å². The molecule has 0 bridgehead atoms. The lowest BCUT2D eigenvalue weighted by molar-refractivity contribution is -0.00581.